The molecular formula is C10H14N2O4. The van der Waals surface area contributed by atoms with Crippen molar-refractivity contribution in [1.29, 1.82) is 0 Å². The van der Waals surface area contributed by atoms with E-state index in [4.69, 9.17) is 5.11 Å². The van der Waals surface area contributed by atoms with Gasteiger partial charge in [-0.05, 0) is 19.3 Å². The summed E-state index contributed by atoms with van der Waals surface area (Å²) in [6.07, 6.45) is 2.54. The van der Waals surface area contributed by atoms with E-state index >= 15 is 0 Å². The van der Waals surface area contributed by atoms with Crippen LogP contribution in [0.3, 0.4) is 0 Å². The predicted molar refractivity (Wildman–Crippen MR) is 53.5 cm³/mol. The van der Waals surface area contributed by atoms with Crippen LogP contribution in [0.15, 0.2) is 0 Å². The van der Waals surface area contributed by atoms with Gasteiger partial charge in [0.1, 0.15) is 12.6 Å². The van der Waals surface area contributed by atoms with Crippen LogP contribution in [0.4, 0.5) is 0 Å². The van der Waals surface area contributed by atoms with E-state index in [9.17, 15) is 14.4 Å². The maximum absolute atomic E-state index is 12.0. The molecule has 1 aliphatic heterocycles. The summed E-state index contributed by atoms with van der Waals surface area (Å²) < 4.78 is 0. The zero-order valence-electron chi connectivity index (χ0n) is 8.81. The summed E-state index contributed by atoms with van der Waals surface area (Å²) in [7, 11) is 0. The van der Waals surface area contributed by atoms with Crippen molar-refractivity contribution in [3.63, 3.8) is 0 Å². The first-order chi connectivity index (χ1) is 7.58. The van der Waals surface area contributed by atoms with Gasteiger partial charge in [-0.1, -0.05) is 0 Å². The highest BCUT2D eigenvalue weighted by molar-refractivity contribution is 5.92. The van der Waals surface area contributed by atoms with Crippen LogP contribution in [0.2, 0.25) is 0 Å². The van der Waals surface area contributed by atoms with Gasteiger partial charge in [0.15, 0.2) is 0 Å². The normalized spacial score (nSPS) is 24.0. The average molecular weight is 226 g/mol. The lowest BCUT2D eigenvalue weighted by atomic mass is 10.2. The molecule has 0 aromatic carbocycles. The minimum absolute atomic E-state index is 0.0566. The summed E-state index contributed by atoms with van der Waals surface area (Å²) in [5.41, 5.74) is 0. The zero-order valence-corrected chi connectivity index (χ0v) is 8.81. The number of hydrogen-bond donors (Lipinski definition) is 2. The number of carbonyl (C=O) groups excluding carboxylic acids is 2. The van der Waals surface area contributed by atoms with Crippen molar-refractivity contribution in [3.8, 4) is 0 Å². The topological polar surface area (TPSA) is 86.7 Å². The Kier molecular flexibility index (Phi) is 2.80. The minimum atomic E-state index is -1.01. The fourth-order valence-electron chi connectivity index (χ4n) is 1.92. The van der Waals surface area contributed by atoms with Crippen molar-refractivity contribution in [2.75, 3.05) is 6.54 Å². The van der Waals surface area contributed by atoms with Crippen molar-refractivity contribution < 1.29 is 19.5 Å². The monoisotopic (exact) mass is 226 g/mol. The van der Waals surface area contributed by atoms with Crippen LogP contribution < -0.4 is 5.32 Å². The summed E-state index contributed by atoms with van der Waals surface area (Å²) in [6, 6.07) is -0.464. The molecule has 2 rings (SSSR count). The lowest BCUT2D eigenvalue weighted by Gasteiger charge is -2.23. The molecular weight excluding hydrogens is 212 g/mol. The number of nitrogens with zero attached hydrogens (tertiary/aromatic N) is 1. The van der Waals surface area contributed by atoms with E-state index in [0.717, 1.165) is 12.8 Å². The number of carbonyl (C=O) groups is 3. The van der Waals surface area contributed by atoms with Crippen LogP contribution in [-0.4, -0.2) is 46.4 Å². The minimum Gasteiger partial charge on any atom is -0.480 e. The van der Waals surface area contributed by atoms with Crippen LogP contribution in [-0.2, 0) is 14.4 Å². The summed E-state index contributed by atoms with van der Waals surface area (Å²) in [6.45, 7) is -0.268. The molecule has 1 saturated carbocycles. The zero-order chi connectivity index (χ0) is 11.7. The molecule has 0 aromatic rings. The van der Waals surface area contributed by atoms with Crippen LogP contribution in [0.1, 0.15) is 25.7 Å². The van der Waals surface area contributed by atoms with Gasteiger partial charge in [0.25, 0.3) is 0 Å². The predicted octanol–water partition coefficient (Wildman–Crippen LogP) is -0.659. The third-order valence-electron chi connectivity index (χ3n) is 2.87. The van der Waals surface area contributed by atoms with Crippen molar-refractivity contribution >= 4 is 17.8 Å². The van der Waals surface area contributed by atoms with Crippen molar-refractivity contribution in [3.05, 3.63) is 0 Å². The van der Waals surface area contributed by atoms with E-state index in [0.29, 0.717) is 12.8 Å². The number of rotatable bonds is 4. The van der Waals surface area contributed by atoms with E-state index in [1.807, 2.05) is 0 Å². The Balaban J connectivity index is 1.99. The Morgan fingerprint density at radius 1 is 1.38 bits per heavy atom. The first kappa shape index (κ1) is 10.9. The molecule has 1 atom stereocenters. The van der Waals surface area contributed by atoms with E-state index in [-0.39, 0.29) is 24.4 Å². The first-order valence-corrected chi connectivity index (χ1v) is 5.39. The van der Waals surface area contributed by atoms with Gasteiger partial charge >= 0.3 is 5.97 Å². The molecule has 2 aliphatic rings. The smallest absolute Gasteiger partial charge is 0.323 e. The summed E-state index contributed by atoms with van der Waals surface area (Å²) in [4.78, 5) is 35.0. The Labute approximate surface area is 92.6 Å². The molecule has 0 radical (unpaired) electrons. The van der Waals surface area contributed by atoms with Gasteiger partial charge < -0.3 is 15.3 Å². The van der Waals surface area contributed by atoms with E-state index < -0.39 is 12.0 Å². The first-order valence-electron chi connectivity index (χ1n) is 5.39. The second-order valence-corrected chi connectivity index (χ2v) is 4.25. The highest BCUT2D eigenvalue weighted by atomic mass is 16.4. The molecule has 6 heteroatoms. The lowest BCUT2D eigenvalue weighted by molar-refractivity contribution is -0.145. The Morgan fingerprint density at radius 3 is 2.50 bits per heavy atom. The number of carboxylic acids is 1. The largest absolute Gasteiger partial charge is 0.480 e. The van der Waals surface area contributed by atoms with Crippen LogP contribution in [0, 0.1) is 0 Å². The molecule has 2 amide bonds. The number of amides is 2. The van der Waals surface area contributed by atoms with Gasteiger partial charge in [0.2, 0.25) is 11.8 Å². The maximum atomic E-state index is 12.0. The molecule has 0 bridgehead atoms. The molecule has 0 spiro atoms. The molecule has 16 heavy (non-hydrogen) atoms. The summed E-state index contributed by atoms with van der Waals surface area (Å²) in [5.74, 6) is -1.40. The second kappa shape index (κ2) is 4.11. The standard InChI is InChI=1S/C10H14N2O4/c13-8-4-3-7(11-8)10(16)12(5-9(14)15)6-1-2-6/h6-7H,1-5H2,(H,11,13)(H,14,15)/t7-/m0/s1. The van der Waals surface area contributed by atoms with Gasteiger partial charge in [-0.25, -0.2) is 0 Å². The van der Waals surface area contributed by atoms with Gasteiger partial charge in [-0.2, -0.15) is 0 Å². The molecule has 1 aliphatic carbocycles. The molecule has 2 N–H and O–H groups in total. The third-order valence-corrected chi connectivity index (χ3v) is 2.87. The van der Waals surface area contributed by atoms with Crippen LogP contribution in [0.5, 0.6) is 0 Å². The molecule has 1 heterocycles. The van der Waals surface area contributed by atoms with Gasteiger partial charge in [-0.3, -0.25) is 14.4 Å². The number of carboxylic acid groups (broad SMARTS) is 1. The van der Waals surface area contributed by atoms with Crippen molar-refractivity contribution in [2.24, 2.45) is 0 Å². The fourth-order valence-corrected chi connectivity index (χ4v) is 1.92. The Morgan fingerprint density at radius 2 is 2.06 bits per heavy atom. The molecule has 0 unspecified atom stereocenters. The molecule has 88 valence electrons. The molecule has 1 saturated heterocycles. The third kappa shape index (κ3) is 2.32. The summed E-state index contributed by atoms with van der Waals surface area (Å²) >= 11 is 0. The molecule has 2 fully saturated rings. The van der Waals surface area contributed by atoms with E-state index in [2.05, 4.69) is 5.32 Å². The number of aliphatic carboxylic acids is 1. The van der Waals surface area contributed by atoms with Crippen LogP contribution in [0.25, 0.3) is 0 Å². The maximum Gasteiger partial charge on any atom is 0.323 e. The number of nitrogens with one attached hydrogen (secondary N) is 1. The fraction of sp³-hybridized carbons (Fsp3) is 0.700. The van der Waals surface area contributed by atoms with Gasteiger partial charge in [0.05, 0.1) is 0 Å². The lowest BCUT2D eigenvalue weighted by Crippen LogP contribution is -2.47. The second-order valence-electron chi connectivity index (χ2n) is 4.25. The van der Waals surface area contributed by atoms with Gasteiger partial charge in [-0.15, -0.1) is 0 Å². The quantitative estimate of drug-likeness (QED) is 0.666. The SMILES string of the molecule is O=C(O)CN(C(=O)[C@@H]1CCC(=O)N1)C1CC1. The van der Waals surface area contributed by atoms with E-state index in [1.54, 1.807) is 0 Å². The molecule has 0 aromatic heterocycles. The Bertz CT molecular complexity index is 338. The highest BCUT2D eigenvalue weighted by Crippen LogP contribution is 2.28. The summed E-state index contributed by atoms with van der Waals surface area (Å²) in [5, 5.41) is 11.3. The van der Waals surface area contributed by atoms with E-state index in [1.165, 1.54) is 4.90 Å². The van der Waals surface area contributed by atoms with Crippen molar-refractivity contribution in [2.45, 2.75) is 37.8 Å². The highest BCUT2D eigenvalue weighted by Gasteiger charge is 2.38. The Hall–Kier alpha value is -1.59. The van der Waals surface area contributed by atoms with Crippen molar-refractivity contribution in [1.82, 2.24) is 10.2 Å². The molecule has 6 nitrogen and oxygen atoms in total. The van der Waals surface area contributed by atoms with Gasteiger partial charge in [0, 0.05) is 12.5 Å². The van der Waals surface area contributed by atoms with Crippen LogP contribution >= 0.6 is 0 Å². The number of hydrogen-bond acceptors (Lipinski definition) is 3. The average Bonchev–Trinajstić information content (AvgIpc) is 2.96.